The van der Waals surface area contributed by atoms with E-state index in [0.717, 1.165) is 24.2 Å². The standard InChI is InChI=1S/C16H22FN3/c1-5-18-16(15-10-19-20(4)12(15)3)9-13-6-7-14(17)8-11(13)2/h6-8,10,16,18H,5,9H2,1-4H3. The maximum atomic E-state index is 13.2. The largest absolute Gasteiger partial charge is 0.310 e. The summed E-state index contributed by atoms with van der Waals surface area (Å²) in [5.41, 5.74) is 4.53. The zero-order chi connectivity index (χ0) is 14.7. The Hall–Kier alpha value is -1.68. The van der Waals surface area contributed by atoms with Crippen LogP contribution in [0, 0.1) is 19.7 Å². The molecular weight excluding hydrogens is 253 g/mol. The van der Waals surface area contributed by atoms with Gasteiger partial charge in [-0.25, -0.2) is 4.39 Å². The SMILES string of the molecule is CCNC(Cc1ccc(F)cc1C)c1cnn(C)c1C. The van der Waals surface area contributed by atoms with Gasteiger partial charge in [-0.1, -0.05) is 13.0 Å². The van der Waals surface area contributed by atoms with E-state index < -0.39 is 0 Å². The molecule has 0 aliphatic heterocycles. The van der Waals surface area contributed by atoms with Crippen molar-refractivity contribution in [1.82, 2.24) is 15.1 Å². The summed E-state index contributed by atoms with van der Waals surface area (Å²) in [5, 5.41) is 7.81. The minimum Gasteiger partial charge on any atom is -0.310 e. The zero-order valence-corrected chi connectivity index (χ0v) is 12.6. The van der Waals surface area contributed by atoms with Gasteiger partial charge in [-0.3, -0.25) is 4.68 Å². The number of rotatable bonds is 5. The molecule has 2 aromatic rings. The molecule has 20 heavy (non-hydrogen) atoms. The fourth-order valence-corrected chi connectivity index (χ4v) is 2.50. The highest BCUT2D eigenvalue weighted by Crippen LogP contribution is 2.23. The highest BCUT2D eigenvalue weighted by atomic mass is 19.1. The van der Waals surface area contributed by atoms with E-state index in [0.29, 0.717) is 0 Å². The summed E-state index contributed by atoms with van der Waals surface area (Å²) in [6, 6.07) is 5.20. The van der Waals surface area contributed by atoms with Gasteiger partial charge < -0.3 is 5.32 Å². The van der Waals surface area contributed by atoms with E-state index in [-0.39, 0.29) is 11.9 Å². The average molecular weight is 275 g/mol. The van der Waals surface area contributed by atoms with Crippen LogP contribution in [0.3, 0.4) is 0 Å². The van der Waals surface area contributed by atoms with Gasteiger partial charge in [0.1, 0.15) is 5.82 Å². The summed E-state index contributed by atoms with van der Waals surface area (Å²) in [6.07, 6.45) is 2.76. The van der Waals surface area contributed by atoms with E-state index in [1.807, 2.05) is 30.9 Å². The Labute approximate surface area is 119 Å². The number of halogens is 1. The molecule has 0 fully saturated rings. The Morgan fingerprint density at radius 1 is 1.35 bits per heavy atom. The van der Waals surface area contributed by atoms with Gasteiger partial charge >= 0.3 is 0 Å². The number of nitrogens with one attached hydrogen (secondary N) is 1. The molecular formula is C16H22FN3. The summed E-state index contributed by atoms with van der Waals surface area (Å²) in [5.74, 6) is -0.177. The number of benzene rings is 1. The molecule has 3 nitrogen and oxygen atoms in total. The lowest BCUT2D eigenvalue weighted by molar-refractivity contribution is 0.543. The van der Waals surface area contributed by atoms with Gasteiger partial charge in [-0.2, -0.15) is 5.10 Å². The Kier molecular flexibility index (Phi) is 4.55. The van der Waals surface area contributed by atoms with Crippen molar-refractivity contribution in [3.63, 3.8) is 0 Å². The van der Waals surface area contributed by atoms with Crippen LogP contribution in [0.4, 0.5) is 4.39 Å². The van der Waals surface area contributed by atoms with Gasteiger partial charge in [-0.05, 0) is 50.1 Å². The number of hydrogen-bond donors (Lipinski definition) is 1. The zero-order valence-electron chi connectivity index (χ0n) is 12.6. The van der Waals surface area contributed by atoms with E-state index in [2.05, 4.69) is 24.3 Å². The molecule has 0 aliphatic carbocycles. The molecule has 1 aromatic carbocycles. The second kappa shape index (κ2) is 6.18. The summed E-state index contributed by atoms with van der Waals surface area (Å²) >= 11 is 0. The quantitative estimate of drug-likeness (QED) is 0.909. The minimum absolute atomic E-state index is 0.177. The molecule has 2 rings (SSSR count). The van der Waals surface area contributed by atoms with Crippen molar-refractivity contribution in [3.05, 3.63) is 52.6 Å². The van der Waals surface area contributed by atoms with Crippen molar-refractivity contribution in [1.29, 1.82) is 0 Å². The third-order valence-electron chi connectivity index (χ3n) is 3.83. The van der Waals surface area contributed by atoms with Crippen molar-refractivity contribution in [3.8, 4) is 0 Å². The van der Waals surface area contributed by atoms with Crippen molar-refractivity contribution >= 4 is 0 Å². The smallest absolute Gasteiger partial charge is 0.123 e. The molecule has 1 heterocycles. The summed E-state index contributed by atoms with van der Waals surface area (Å²) in [4.78, 5) is 0. The van der Waals surface area contributed by atoms with Crippen LogP contribution < -0.4 is 5.32 Å². The van der Waals surface area contributed by atoms with Crippen LogP contribution in [0.15, 0.2) is 24.4 Å². The second-order valence-electron chi connectivity index (χ2n) is 5.19. The van der Waals surface area contributed by atoms with Crippen LogP contribution in [0.25, 0.3) is 0 Å². The molecule has 1 atom stereocenters. The topological polar surface area (TPSA) is 29.9 Å². The van der Waals surface area contributed by atoms with Crippen LogP contribution in [0.2, 0.25) is 0 Å². The van der Waals surface area contributed by atoms with E-state index in [1.165, 1.54) is 17.2 Å². The number of nitrogens with zero attached hydrogens (tertiary/aromatic N) is 2. The molecule has 1 aromatic heterocycles. The van der Waals surface area contributed by atoms with E-state index in [4.69, 9.17) is 0 Å². The van der Waals surface area contributed by atoms with Gasteiger partial charge in [0.2, 0.25) is 0 Å². The normalized spacial score (nSPS) is 12.7. The van der Waals surface area contributed by atoms with E-state index in [1.54, 1.807) is 6.07 Å². The van der Waals surface area contributed by atoms with Crippen LogP contribution in [0.1, 0.15) is 35.3 Å². The fourth-order valence-electron chi connectivity index (χ4n) is 2.50. The lowest BCUT2D eigenvalue weighted by atomic mass is 9.96. The molecule has 1 N–H and O–H groups in total. The average Bonchev–Trinajstić information content (AvgIpc) is 2.73. The first-order valence-electron chi connectivity index (χ1n) is 6.99. The van der Waals surface area contributed by atoms with Crippen LogP contribution >= 0.6 is 0 Å². The highest BCUT2D eigenvalue weighted by Gasteiger charge is 2.17. The van der Waals surface area contributed by atoms with Gasteiger partial charge in [0.25, 0.3) is 0 Å². The van der Waals surface area contributed by atoms with Gasteiger partial charge in [0.15, 0.2) is 0 Å². The first-order valence-corrected chi connectivity index (χ1v) is 6.99. The number of hydrogen-bond acceptors (Lipinski definition) is 2. The number of likely N-dealkylation sites (N-methyl/N-ethyl adjacent to an activating group) is 1. The lowest BCUT2D eigenvalue weighted by Gasteiger charge is -2.19. The molecule has 0 radical (unpaired) electrons. The third-order valence-corrected chi connectivity index (χ3v) is 3.83. The summed E-state index contributed by atoms with van der Waals surface area (Å²) < 4.78 is 15.1. The van der Waals surface area contributed by atoms with E-state index in [9.17, 15) is 4.39 Å². The van der Waals surface area contributed by atoms with Gasteiger partial charge in [-0.15, -0.1) is 0 Å². The molecule has 0 saturated heterocycles. The number of aromatic nitrogens is 2. The minimum atomic E-state index is -0.177. The molecule has 1 unspecified atom stereocenters. The fraction of sp³-hybridized carbons (Fsp3) is 0.438. The molecule has 0 spiro atoms. The Bertz CT molecular complexity index is 589. The molecule has 0 saturated carbocycles. The monoisotopic (exact) mass is 275 g/mol. The van der Waals surface area contributed by atoms with Crippen molar-refractivity contribution < 1.29 is 4.39 Å². The highest BCUT2D eigenvalue weighted by molar-refractivity contribution is 5.30. The molecule has 0 aliphatic rings. The Balaban J connectivity index is 2.28. The summed E-state index contributed by atoms with van der Waals surface area (Å²) in [6.45, 7) is 7.01. The van der Waals surface area contributed by atoms with Crippen molar-refractivity contribution in [2.24, 2.45) is 7.05 Å². The molecule has 108 valence electrons. The second-order valence-corrected chi connectivity index (χ2v) is 5.19. The first-order chi connectivity index (χ1) is 9.52. The van der Waals surface area contributed by atoms with Crippen LogP contribution in [-0.4, -0.2) is 16.3 Å². The number of aryl methyl sites for hydroxylation is 2. The Morgan fingerprint density at radius 2 is 2.10 bits per heavy atom. The maximum Gasteiger partial charge on any atom is 0.123 e. The molecule has 0 amide bonds. The first kappa shape index (κ1) is 14.7. The summed E-state index contributed by atoms with van der Waals surface area (Å²) in [7, 11) is 1.95. The molecule has 4 heteroatoms. The van der Waals surface area contributed by atoms with Crippen LogP contribution in [-0.2, 0) is 13.5 Å². The molecule has 0 bridgehead atoms. The van der Waals surface area contributed by atoms with Crippen LogP contribution in [0.5, 0.6) is 0 Å². The van der Waals surface area contributed by atoms with E-state index >= 15 is 0 Å². The van der Waals surface area contributed by atoms with Gasteiger partial charge in [0, 0.05) is 24.3 Å². The lowest BCUT2D eigenvalue weighted by Crippen LogP contribution is -2.23. The predicted molar refractivity (Wildman–Crippen MR) is 79.2 cm³/mol. The Morgan fingerprint density at radius 3 is 2.65 bits per heavy atom. The maximum absolute atomic E-state index is 13.2. The predicted octanol–water partition coefficient (Wildman–Crippen LogP) is 3.07. The van der Waals surface area contributed by atoms with Crippen molar-refractivity contribution in [2.45, 2.75) is 33.2 Å². The van der Waals surface area contributed by atoms with Gasteiger partial charge in [0.05, 0.1) is 6.20 Å². The van der Waals surface area contributed by atoms with Crippen molar-refractivity contribution in [2.75, 3.05) is 6.54 Å². The third kappa shape index (κ3) is 3.07.